The zero-order valence-corrected chi connectivity index (χ0v) is 11.7. The van der Waals surface area contributed by atoms with Gasteiger partial charge in [-0.3, -0.25) is 4.79 Å². The summed E-state index contributed by atoms with van der Waals surface area (Å²) in [6, 6.07) is 0. The largest absolute Gasteiger partial charge is 0.343 e. The van der Waals surface area contributed by atoms with Crippen LogP contribution in [-0.4, -0.2) is 30.4 Å². The standard InChI is InChI=1S/C14H28N2O/c1-4-12(3)10-16(5-2)13(17)9-14(11-15)7-6-8-14/h12H,4-11,15H2,1-3H3. The Balaban J connectivity index is 2.48. The fourth-order valence-electron chi connectivity index (χ4n) is 2.48. The molecule has 0 aromatic heterocycles. The molecule has 0 heterocycles. The van der Waals surface area contributed by atoms with E-state index in [-0.39, 0.29) is 5.41 Å². The molecule has 0 bridgehead atoms. The molecular formula is C14H28N2O. The van der Waals surface area contributed by atoms with Crippen molar-refractivity contribution in [2.24, 2.45) is 17.1 Å². The van der Waals surface area contributed by atoms with Crippen molar-refractivity contribution in [1.82, 2.24) is 4.90 Å². The number of carbonyl (C=O) groups excluding carboxylic acids is 1. The Labute approximate surface area is 106 Å². The molecule has 2 N–H and O–H groups in total. The maximum absolute atomic E-state index is 12.3. The second-order valence-electron chi connectivity index (χ2n) is 5.68. The van der Waals surface area contributed by atoms with Gasteiger partial charge in [-0.25, -0.2) is 0 Å². The van der Waals surface area contributed by atoms with Crippen molar-refractivity contribution in [2.75, 3.05) is 19.6 Å². The minimum atomic E-state index is 0.139. The van der Waals surface area contributed by atoms with Gasteiger partial charge in [0.25, 0.3) is 0 Å². The summed E-state index contributed by atoms with van der Waals surface area (Å²) in [6.45, 7) is 8.83. The summed E-state index contributed by atoms with van der Waals surface area (Å²) in [5.41, 5.74) is 5.95. The first kappa shape index (κ1) is 14.5. The summed E-state index contributed by atoms with van der Waals surface area (Å²) in [6.07, 6.45) is 5.30. The lowest BCUT2D eigenvalue weighted by atomic mass is 9.66. The number of hydrogen-bond acceptors (Lipinski definition) is 2. The Morgan fingerprint density at radius 2 is 2.06 bits per heavy atom. The van der Waals surface area contributed by atoms with Crippen molar-refractivity contribution < 1.29 is 4.79 Å². The molecule has 100 valence electrons. The summed E-state index contributed by atoms with van der Waals surface area (Å²) in [5.74, 6) is 0.895. The van der Waals surface area contributed by atoms with Gasteiger partial charge in [-0.05, 0) is 37.6 Å². The van der Waals surface area contributed by atoms with E-state index in [1.165, 1.54) is 6.42 Å². The number of hydrogen-bond donors (Lipinski definition) is 1. The second-order valence-corrected chi connectivity index (χ2v) is 5.68. The Kier molecular flexibility index (Phi) is 5.44. The molecule has 0 saturated heterocycles. The molecule has 0 radical (unpaired) electrons. The lowest BCUT2D eigenvalue weighted by Crippen LogP contribution is -2.44. The summed E-state index contributed by atoms with van der Waals surface area (Å²) >= 11 is 0. The van der Waals surface area contributed by atoms with Crippen LogP contribution in [0.3, 0.4) is 0 Å². The molecule has 1 aliphatic carbocycles. The van der Waals surface area contributed by atoms with E-state index in [0.29, 0.717) is 24.8 Å². The summed E-state index contributed by atoms with van der Waals surface area (Å²) < 4.78 is 0. The Bertz CT molecular complexity index is 243. The van der Waals surface area contributed by atoms with Gasteiger partial charge in [-0.15, -0.1) is 0 Å². The molecule has 1 saturated carbocycles. The van der Waals surface area contributed by atoms with E-state index in [1.54, 1.807) is 0 Å². The van der Waals surface area contributed by atoms with Gasteiger partial charge in [0.15, 0.2) is 0 Å². The molecule has 1 amide bonds. The van der Waals surface area contributed by atoms with E-state index in [9.17, 15) is 4.79 Å². The molecule has 1 unspecified atom stereocenters. The number of nitrogens with two attached hydrogens (primary N) is 1. The molecule has 17 heavy (non-hydrogen) atoms. The van der Waals surface area contributed by atoms with Crippen molar-refractivity contribution in [3.05, 3.63) is 0 Å². The molecule has 1 rings (SSSR count). The second kappa shape index (κ2) is 6.39. The zero-order chi connectivity index (χ0) is 12.9. The van der Waals surface area contributed by atoms with Gasteiger partial charge in [0.2, 0.25) is 5.91 Å². The normalized spacial score (nSPS) is 19.5. The first-order chi connectivity index (χ1) is 8.06. The van der Waals surface area contributed by atoms with Gasteiger partial charge in [0.05, 0.1) is 0 Å². The molecule has 1 aliphatic rings. The van der Waals surface area contributed by atoms with Gasteiger partial charge in [-0.1, -0.05) is 26.7 Å². The Morgan fingerprint density at radius 1 is 1.41 bits per heavy atom. The molecular weight excluding hydrogens is 212 g/mol. The van der Waals surface area contributed by atoms with Crippen LogP contribution < -0.4 is 5.73 Å². The SMILES string of the molecule is CCC(C)CN(CC)C(=O)CC1(CN)CCC1. The summed E-state index contributed by atoms with van der Waals surface area (Å²) in [7, 11) is 0. The number of carbonyl (C=O) groups is 1. The number of nitrogens with zero attached hydrogens (tertiary/aromatic N) is 1. The van der Waals surface area contributed by atoms with E-state index >= 15 is 0 Å². The molecule has 1 atom stereocenters. The third kappa shape index (κ3) is 3.70. The lowest BCUT2D eigenvalue weighted by Gasteiger charge is -2.41. The van der Waals surface area contributed by atoms with E-state index in [1.807, 2.05) is 4.90 Å². The van der Waals surface area contributed by atoms with Crippen LogP contribution in [0.25, 0.3) is 0 Å². The highest BCUT2D eigenvalue weighted by atomic mass is 16.2. The first-order valence-electron chi connectivity index (χ1n) is 7.04. The van der Waals surface area contributed by atoms with Crippen molar-refractivity contribution in [1.29, 1.82) is 0 Å². The fraction of sp³-hybridized carbons (Fsp3) is 0.929. The van der Waals surface area contributed by atoms with Crippen LogP contribution in [-0.2, 0) is 4.79 Å². The van der Waals surface area contributed by atoms with Gasteiger partial charge < -0.3 is 10.6 Å². The van der Waals surface area contributed by atoms with Crippen molar-refractivity contribution in [2.45, 2.75) is 52.9 Å². The van der Waals surface area contributed by atoms with E-state index in [0.717, 1.165) is 32.4 Å². The monoisotopic (exact) mass is 240 g/mol. The quantitative estimate of drug-likeness (QED) is 0.742. The van der Waals surface area contributed by atoms with Crippen LogP contribution >= 0.6 is 0 Å². The van der Waals surface area contributed by atoms with Gasteiger partial charge in [-0.2, -0.15) is 0 Å². The fourth-order valence-corrected chi connectivity index (χ4v) is 2.48. The predicted octanol–water partition coefficient (Wildman–Crippen LogP) is 2.40. The van der Waals surface area contributed by atoms with Gasteiger partial charge in [0, 0.05) is 19.5 Å². The highest BCUT2D eigenvalue weighted by Gasteiger charge is 2.38. The zero-order valence-electron chi connectivity index (χ0n) is 11.7. The highest BCUT2D eigenvalue weighted by molar-refractivity contribution is 5.77. The molecule has 0 spiro atoms. The molecule has 0 aliphatic heterocycles. The highest BCUT2D eigenvalue weighted by Crippen LogP contribution is 2.43. The van der Waals surface area contributed by atoms with E-state index in [4.69, 9.17) is 5.73 Å². The topological polar surface area (TPSA) is 46.3 Å². The predicted molar refractivity (Wildman–Crippen MR) is 71.7 cm³/mol. The van der Waals surface area contributed by atoms with Crippen LogP contribution in [0, 0.1) is 11.3 Å². The molecule has 3 heteroatoms. The minimum absolute atomic E-state index is 0.139. The molecule has 1 fully saturated rings. The Morgan fingerprint density at radius 3 is 2.41 bits per heavy atom. The van der Waals surface area contributed by atoms with Crippen molar-refractivity contribution in [3.63, 3.8) is 0 Å². The Hall–Kier alpha value is -0.570. The molecule has 3 nitrogen and oxygen atoms in total. The average Bonchev–Trinajstić information content (AvgIpc) is 2.29. The lowest BCUT2D eigenvalue weighted by molar-refractivity contribution is -0.135. The van der Waals surface area contributed by atoms with Crippen molar-refractivity contribution in [3.8, 4) is 0 Å². The first-order valence-corrected chi connectivity index (χ1v) is 7.04. The molecule has 0 aromatic rings. The number of amides is 1. The van der Waals surface area contributed by atoms with Crippen LogP contribution in [0.5, 0.6) is 0 Å². The smallest absolute Gasteiger partial charge is 0.223 e. The third-order valence-electron chi connectivity index (χ3n) is 4.34. The maximum atomic E-state index is 12.3. The minimum Gasteiger partial charge on any atom is -0.343 e. The average molecular weight is 240 g/mol. The van der Waals surface area contributed by atoms with Crippen molar-refractivity contribution >= 4 is 5.91 Å². The van der Waals surface area contributed by atoms with Crippen LogP contribution in [0.1, 0.15) is 52.9 Å². The van der Waals surface area contributed by atoms with Crippen LogP contribution in [0.4, 0.5) is 0 Å². The molecule has 0 aromatic carbocycles. The van der Waals surface area contributed by atoms with Gasteiger partial charge in [0.1, 0.15) is 0 Å². The van der Waals surface area contributed by atoms with Gasteiger partial charge >= 0.3 is 0 Å². The van der Waals surface area contributed by atoms with Crippen LogP contribution in [0.15, 0.2) is 0 Å². The van der Waals surface area contributed by atoms with E-state index in [2.05, 4.69) is 20.8 Å². The van der Waals surface area contributed by atoms with E-state index < -0.39 is 0 Å². The summed E-state index contributed by atoms with van der Waals surface area (Å²) in [5, 5.41) is 0. The van der Waals surface area contributed by atoms with Crippen LogP contribution in [0.2, 0.25) is 0 Å². The summed E-state index contributed by atoms with van der Waals surface area (Å²) in [4.78, 5) is 14.3. The maximum Gasteiger partial charge on any atom is 0.223 e. The number of rotatable bonds is 7. The third-order valence-corrected chi connectivity index (χ3v) is 4.34.